The van der Waals surface area contributed by atoms with Crippen LogP contribution >= 0.6 is 11.3 Å². The van der Waals surface area contributed by atoms with Gasteiger partial charge in [0.15, 0.2) is 11.5 Å². The number of aryl methyl sites for hydroxylation is 1. The number of amides is 1. The lowest BCUT2D eigenvalue weighted by atomic mass is 10.1. The van der Waals surface area contributed by atoms with Crippen molar-refractivity contribution < 1.29 is 19.0 Å². The van der Waals surface area contributed by atoms with E-state index in [0.717, 1.165) is 30.4 Å². The lowest BCUT2D eigenvalue weighted by Crippen LogP contribution is -2.14. The Labute approximate surface area is 156 Å². The zero-order valence-corrected chi connectivity index (χ0v) is 15.8. The molecule has 1 aromatic carbocycles. The number of rotatable bonds is 6. The van der Waals surface area contributed by atoms with Gasteiger partial charge in [0.25, 0.3) is 0 Å². The number of nitrogens with zero attached hydrogens (tertiary/aromatic N) is 1. The van der Waals surface area contributed by atoms with Gasteiger partial charge in [0.1, 0.15) is 11.1 Å². The minimum absolute atomic E-state index is 0.143. The van der Waals surface area contributed by atoms with Crippen LogP contribution in [-0.2, 0) is 24.1 Å². The maximum Gasteiger partial charge on any atom is 0.229 e. The van der Waals surface area contributed by atoms with Crippen molar-refractivity contribution in [3.8, 4) is 23.3 Å². The second kappa shape index (κ2) is 7.67. The quantitative estimate of drug-likeness (QED) is 0.841. The first-order valence-corrected chi connectivity index (χ1v) is 9.06. The van der Waals surface area contributed by atoms with Crippen LogP contribution < -0.4 is 19.5 Å². The Morgan fingerprint density at radius 2 is 1.88 bits per heavy atom. The van der Waals surface area contributed by atoms with E-state index in [-0.39, 0.29) is 12.3 Å². The summed E-state index contributed by atoms with van der Waals surface area (Å²) in [4.78, 5) is 13.7. The minimum Gasteiger partial charge on any atom is -0.493 e. The molecule has 0 aliphatic heterocycles. The molecule has 0 spiro atoms. The second-order valence-corrected chi connectivity index (χ2v) is 7.04. The number of hydrogen-bond acceptors (Lipinski definition) is 6. The molecule has 6 nitrogen and oxygen atoms in total. The van der Waals surface area contributed by atoms with Gasteiger partial charge in [-0.1, -0.05) is 0 Å². The second-order valence-electron chi connectivity index (χ2n) is 5.93. The first-order valence-electron chi connectivity index (χ1n) is 8.24. The average Bonchev–Trinajstić information content (AvgIpc) is 3.21. The average molecular weight is 372 g/mol. The molecule has 1 N–H and O–H groups in total. The third kappa shape index (κ3) is 3.33. The Bertz CT molecular complexity index is 857. The Kier molecular flexibility index (Phi) is 5.33. The Morgan fingerprint density at radius 1 is 1.19 bits per heavy atom. The van der Waals surface area contributed by atoms with Gasteiger partial charge < -0.3 is 19.5 Å². The maximum atomic E-state index is 12.5. The highest BCUT2D eigenvalue weighted by molar-refractivity contribution is 7.16. The van der Waals surface area contributed by atoms with Gasteiger partial charge >= 0.3 is 0 Å². The van der Waals surface area contributed by atoms with Crippen molar-refractivity contribution in [2.75, 3.05) is 26.6 Å². The van der Waals surface area contributed by atoms with E-state index >= 15 is 0 Å². The normalized spacial score (nSPS) is 12.2. The van der Waals surface area contributed by atoms with Gasteiger partial charge in [-0.15, -0.1) is 11.3 Å². The first kappa shape index (κ1) is 18.1. The molecule has 0 bridgehead atoms. The van der Waals surface area contributed by atoms with E-state index in [2.05, 4.69) is 11.4 Å². The van der Waals surface area contributed by atoms with Crippen LogP contribution in [0, 0.1) is 11.3 Å². The van der Waals surface area contributed by atoms with Crippen LogP contribution in [-0.4, -0.2) is 27.2 Å². The third-order valence-electron chi connectivity index (χ3n) is 4.38. The van der Waals surface area contributed by atoms with Crippen molar-refractivity contribution in [1.29, 1.82) is 5.26 Å². The van der Waals surface area contributed by atoms with Gasteiger partial charge in [-0.3, -0.25) is 4.79 Å². The van der Waals surface area contributed by atoms with Gasteiger partial charge in [-0.05, 0) is 42.5 Å². The van der Waals surface area contributed by atoms with E-state index in [0.29, 0.717) is 27.8 Å². The molecule has 0 unspecified atom stereocenters. The third-order valence-corrected chi connectivity index (χ3v) is 5.58. The molecule has 1 aromatic heterocycles. The number of fused-ring (bicyclic) bond motifs is 1. The smallest absolute Gasteiger partial charge is 0.229 e. The summed E-state index contributed by atoms with van der Waals surface area (Å²) in [5.74, 6) is 1.31. The fraction of sp³-hybridized carbons (Fsp3) is 0.368. The molecule has 1 heterocycles. The topological polar surface area (TPSA) is 80.6 Å². The standard InChI is InChI=1S/C19H20N2O4S/c1-23-14-7-11(8-15(24-2)18(14)25-3)9-17(22)21-19-13(10-20)12-5-4-6-16(12)26-19/h7-8H,4-6,9H2,1-3H3,(H,21,22). The highest BCUT2D eigenvalue weighted by atomic mass is 32.1. The van der Waals surface area contributed by atoms with Gasteiger partial charge in [0, 0.05) is 4.88 Å². The van der Waals surface area contributed by atoms with E-state index in [1.54, 1.807) is 12.1 Å². The highest BCUT2D eigenvalue weighted by Gasteiger charge is 2.23. The highest BCUT2D eigenvalue weighted by Crippen LogP contribution is 2.40. The molecule has 0 saturated heterocycles. The number of ether oxygens (including phenoxy) is 3. The predicted molar refractivity (Wildman–Crippen MR) is 99.5 cm³/mol. The maximum absolute atomic E-state index is 12.5. The van der Waals surface area contributed by atoms with Crippen LogP contribution in [0.2, 0.25) is 0 Å². The van der Waals surface area contributed by atoms with Crippen LogP contribution in [0.3, 0.4) is 0 Å². The number of anilines is 1. The van der Waals surface area contributed by atoms with Crippen LogP contribution in [0.4, 0.5) is 5.00 Å². The summed E-state index contributed by atoms with van der Waals surface area (Å²) in [5.41, 5.74) is 2.45. The number of nitriles is 1. The number of methoxy groups -OCH3 is 3. The Balaban J connectivity index is 1.80. The summed E-state index contributed by atoms with van der Waals surface area (Å²) in [6.45, 7) is 0. The van der Waals surface area contributed by atoms with Crippen molar-refractivity contribution in [3.63, 3.8) is 0 Å². The van der Waals surface area contributed by atoms with Crippen LogP contribution in [0.5, 0.6) is 17.2 Å². The summed E-state index contributed by atoms with van der Waals surface area (Å²) in [5, 5.41) is 13.0. The van der Waals surface area contributed by atoms with E-state index in [1.807, 2.05) is 0 Å². The molecule has 1 aliphatic rings. The molecular weight excluding hydrogens is 352 g/mol. The van der Waals surface area contributed by atoms with E-state index in [1.165, 1.54) is 37.5 Å². The van der Waals surface area contributed by atoms with E-state index in [9.17, 15) is 10.1 Å². The molecule has 7 heteroatoms. The lowest BCUT2D eigenvalue weighted by Gasteiger charge is -2.14. The van der Waals surface area contributed by atoms with Crippen LogP contribution in [0.15, 0.2) is 12.1 Å². The Morgan fingerprint density at radius 3 is 2.46 bits per heavy atom. The summed E-state index contributed by atoms with van der Waals surface area (Å²) in [6.07, 6.45) is 3.12. The van der Waals surface area contributed by atoms with Crippen molar-refractivity contribution >= 4 is 22.2 Å². The van der Waals surface area contributed by atoms with Gasteiger partial charge in [-0.25, -0.2) is 0 Å². The molecule has 26 heavy (non-hydrogen) atoms. The zero-order chi connectivity index (χ0) is 18.7. The molecule has 2 aromatic rings. The predicted octanol–water partition coefficient (Wildman–Crippen LogP) is 3.32. The van der Waals surface area contributed by atoms with Gasteiger partial charge in [0.05, 0.1) is 33.3 Å². The number of carbonyl (C=O) groups excluding carboxylic acids is 1. The van der Waals surface area contributed by atoms with E-state index in [4.69, 9.17) is 14.2 Å². The number of carbonyl (C=O) groups is 1. The zero-order valence-electron chi connectivity index (χ0n) is 15.0. The van der Waals surface area contributed by atoms with Crippen LogP contribution in [0.1, 0.15) is 28.0 Å². The SMILES string of the molecule is COc1cc(CC(=O)Nc2sc3c(c2C#N)CCC3)cc(OC)c1OC. The van der Waals surface area contributed by atoms with Gasteiger partial charge in [-0.2, -0.15) is 5.26 Å². The summed E-state index contributed by atoms with van der Waals surface area (Å²) < 4.78 is 15.9. The number of nitrogens with one attached hydrogen (secondary N) is 1. The molecule has 0 saturated carbocycles. The van der Waals surface area contributed by atoms with Crippen molar-refractivity contribution in [1.82, 2.24) is 0 Å². The van der Waals surface area contributed by atoms with Crippen molar-refractivity contribution in [3.05, 3.63) is 33.7 Å². The molecule has 3 rings (SSSR count). The Hall–Kier alpha value is -2.72. The molecule has 1 aliphatic carbocycles. The fourth-order valence-electron chi connectivity index (χ4n) is 3.20. The van der Waals surface area contributed by atoms with Gasteiger partial charge in [0.2, 0.25) is 11.7 Å². The van der Waals surface area contributed by atoms with E-state index < -0.39 is 0 Å². The first-order chi connectivity index (χ1) is 12.6. The number of benzene rings is 1. The fourth-order valence-corrected chi connectivity index (χ4v) is 4.46. The molecule has 1 amide bonds. The molecular formula is C19H20N2O4S. The summed E-state index contributed by atoms with van der Waals surface area (Å²) in [7, 11) is 4.60. The largest absolute Gasteiger partial charge is 0.493 e. The molecule has 0 radical (unpaired) electrons. The lowest BCUT2D eigenvalue weighted by molar-refractivity contribution is -0.115. The summed E-state index contributed by atoms with van der Waals surface area (Å²) >= 11 is 1.51. The molecule has 0 fully saturated rings. The monoisotopic (exact) mass is 372 g/mol. The minimum atomic E-state index is -0.185. The number of thiophene rings is 1. The van der Waals surface area contributed by atoms with Crippen LogP contribution in [0.25, 0.3) is 0 Å². The number of hydrogen-bond donors (Lipinski definition) is 1. The van der Waals surface area contributed by atoms with Crippen molar-refractivity contribution in [2.24, 2.45) is 0 Å². The molecule has 0 atom stereocenters. The molecule has 136 valence electrons. The van der Waals surface area contributed by atoms with Crippen molar-refractivity contribution in [2.45, 2.75) is 25.7 Å². The summed E-state index contributed by atoms with van der Waals surface area (Å²) in [6, 6.07) is 5.74.